The maximum atomic E-state index is 9.70. The van der Waals surface area contributed by atoms with Gasteiger partial charge in [0.15, 0.2) is 0 Å². The average molecular weight is 441 g/mol. The van der Waals surface area contributed by atoms with E-state index in [9.17, 15) is 5.11 Å². The van der Waals surface area contributed by atoms with Crippen molar-refractivity contribution in [1.82, 2.24) is 24.5 Å². The van der Waals surface area contributed by atoms with Crippen LogP contribution in [0.3, 0.4) is 0 Å². The van der Waals surface area contributed by atoms with Gasteiger partial charge < -0.3 is 9.84 Å². The maximum Gasteiger partial charge on any atom is 0.221 e. The van der Waals surface area contributed by atoms with Crippen LogP contribution in [0.25, 0.3) is 11.8 Å². The molecule has 2 atom stereocenters. The van der Waals surface area contributed by atoms with Gasteiger partial charge in [0, 0.05) is 25.2 Å². The highest BCUT2D eigenvalue weighted by Gasteiger charge is 2.29. The first-order valence-electron chi connectivity index (χ1n) is 11.2. The van der Waals surface area contributed by atoms with Crippen molar-refractivity contribution in [3.05, 3.63) is 40.9 Å². The summed E-state index contributed by atoms with van der Waals surface area (Å²) in [5, 5.41) is 18.9. The molecule has 0 aliphatic carbocycles. The minimum absolute atomic E-state index is 0.0461. The van der Waals surface area contributed by atoms with Gasteiger partial charge in [0.05, 0.1) is 41.0 Å². The third kappa shape index (κ3) is 4.56. The van der Waals surface area contributed by atoms with E-state index in [4.69, 9.17) is 4.74 Å². The number of ether oxygens (including phenoxy) is 1. The molecule has 2 aromatic heterocycles. The first-order chi connectivity index (χ1) is 15.4. The highest BCUT2D eigenvalue weighted by atomic mass is 16.5. The maximum absolute atomic E-state index is 9.70. The first kappa shape index (κ1) is 23.9. The Kier molecular flexibility index (Phi) is 7.69. The van der Waals surface area contributed by atoms with Crippen LogP contribution >= 0.6 is 0 Å². The normalized spacial score (nSPS) is 18.2. The van der Waals surface area contributed by atoms with E-state index in [2.05, 4.69) is 33.4 Å². The van der Waals surface area contributed by atoms with Crippen LogP contribution in [0.2, 0.25) is 0 Å². The van der Waals surface area contributed by atoms with Crippen LogP contribution < -0.4 is 4.74 Å². The molecule has 0 aromatic carbocycles. The van der Waals surface area contributed by atoms with E-state index in [1.165, 1.54) is 0 Å². The highest BCUT2D eigenvalue weighted by Crippen LogP contribution is 2.31. The van der Waals surface area contributed by atoms with Gasteiger partial charge in [-0.15, -0.1) is 0 Å². The third-order valence-corrected chi connectivity index (χ3v) is 6.25. The van der Waals surface area contributed by atoms with Crippen molar-refractivity contribution < 1.29 is 9.84 Å². The van der Waals surface area contributed by atoms with Crippen molar-refractivity contribution >= 4 is 18.5 Å². The fourth-order valence-electron chi connectivity index (χ4n) is 4.54. The van der Waals surface area contributed by atoms with Crippen LogP contribution in [0.1, 0.15) is 60.9 Å². The summed E-state index contributed by atoms with van der Waals surface area (Å²) in [6.45, 7) is 17.9. The van der Waals surface area contributed by atoms with Gasteiger partial charge in [0.25, 0.3) is 0 Å². The molecular formula is C24H36N6O2. The van der Waals surface area contributed by atoms with E-state index in [0.29, 0.717) is 6.61 Å². The molecule has 0 amide bonds. The summed E-state index contributed by atoms with van der Waals surface area (Å²) in [5.41, 5.74) is 5.63. The largest absolute Gasteiger partial charge is 0.476 e. The van der Waals surface area contributed by atoms with Gasteiger partial charge in [0.2, 0.25) is 5.88 Å². The number of hydrogen-bond donors (Lipinski definition) is 1. The molecule has 1 saturated heterocycles. The molecule has 2 aromatic rings. The van der Waals surface area contributed by atoms with Gasteiger partial charge in [0.1, 0.15) is 6.61 Å². The number of aliphatic imine (C=N–C) groups is 1. The Morgan fingerprint density at radius 3 is 2.72 bits per heavy atom. The van der Waals surface area contributed by atoms with Gasteiger partial charge >= 0.3 is 0 Å². The summed E-state index contributed by atoms with van der Waals surface area (Å²) in [5.74, 6) is 0.719. The molecular weight excluding hydrogens is 404 g/mol. The van der Waals surface area contributed by atoms with E-state index in [0.717, 1.165) is 65.7 Å². The van der Waals surface area contributed by atoms with Crippen molar-refractivity contribution in [2.24, 2.45) is 12.0 Å². The zero-order chi connectivity index (χ0) is 23.4. The van der Waals surface area contributed by atoms with E-state index < -0.39 is 0 Å². The molecule has 3 heterocycles. The lowest BCUT2D eigenvalue weighted by Crippen LogP contribution is -2.35. The number of aromatic nitrogens is 4. The molecule has 32 heavy (non-hydrogen) atoms. The predicted octanol–water partition coefficient (Wildman–Crippen LogP) is 3.53. The number of aryl methyl sites for hydroxylation is 3. The molecule has 0 spiro atoms. The van der Waals surface area contributed by atoms with Crippen LogP contribution in [-0.2, 0) is 13.6 Å². The van der Waals surface area contributed by atoms with Crippen LogP contribution in [0.4, 0.5) is 0 Å². The van der Waals surface area contributed by atoms with Gasteiger partial charge in [-0.3, -0.25) is 14.6 Å². The Bertz CT molecular complexity index is 1000. The molecule has 1 N–H and O–H groups in total. The minimum Gasteiger partial charge on any atom is -0.476 e. The average Bonchev–Trinajstić information content (AvgIpc) is 3.43. The molecule has 0 bridgehead atoms. The number of aliphatic hydroxyl groups excluding tert-OH is 1. The molecule has 3 rings (SSSR count). The number of aliphatic hydroxyl groups is 1. The first-order valence-corrected chi connectivity index (χ1v) is 11.2. The molecule has 0 saturated carbocycles. The second-order valence-electron chi connectivity index (χ2n) is 8.42. The van der Waals surface area contributed by atoms with Crippen LogP contribution in [0, 0.1) is 13.8 Å². The Morgan fingerprint density at radius 1 is 1.34 bits per heavy atom. The highest BCUT2D eigenvalue weighted by molar-refractivity contribution is 5.72. The van der Waals surface area contributed by atoms with Crippen molar-refractivity contribution in [3.8, 4) is 5.88 Å². The quantitative estimate of drug-likeness (QED) is 0.572. The van der Waals surface area contributed by atoms with Crippen LogP contribution in [0.5, 0.6) is 5.88 Å². The molecule has 1 aliphatic heterocycles. The lowest BCUT2D eigenvalue weighted by atomic mass is 10.1. The lowest BCUT2D eigenvalue weighted by molar-refractivity contribution is 0.153. The van der Waals surface area contributed by atoms with Gasteiger partial charge in [-0.2, -0.15) is 10.2 Å². The minimum atomic E-state index is -0.0830. The number of likely N-dealkylation sites (tertiary alicyclic amines) is 1. The SMILES string of the molecule is C=Cc1c(C)nn(C(C)CO)c1CN1CCCC1COc1c(/C(=C/C)N=C)c(C)nn1C. The third-order valence-electron chi connectivity index (χ3n) is 6.25. The van der Waals surface area contributed by atoms with Crippen molar-refractivity contribution in [3.63, 3.8) is 0 Å². The number of allylic oxidation sites excluding steroid dienone is 1. The molecule has 1 aliphatic rings. The zero-order valence-electron chi connectivity index (χ0n) is 20.0. The Hall–Kier alpha value is -2.71. The molecule has 1 fully saturated rings. The van der Waals surface area contributed by atoms with E-state index in [-0.39, 0.29) is 18.7 Å². The Balaban J connectivity index is 1.81. The Morgan fingerprint density at radius 2 is 2.09 bits per heavy atom. The van der Waals surface area contributed by atoms with E-state index in [1.54, 1.807) is 4.68 Å². The van der Waals surface area contributed by atoms with Crippen molar-refractivity contribution in [2.45, 2.75) is 59.2 Å². The second-order valence-corrected chi connectivity index (χ2v) is 8.42. The number of hydrogen-bond acceptors (Lipinski definition) is 6. The van der Waals surface area contributed by atoms with Gasteiger partial charge in [-0.05, 0) is 53.8 Å². The monoisotopic (exact) mass is 440 g/mol. The zero-order valence-corrected chi connectivity index (χ0v) is 20.0. The Labute approximate surface area is 190 Å². The van der Waals surface area contributed by atoms with Crippen molar-refractivity contribution in [1.29, 1.82) is 0 Å². The predicted molar refractivity (Wildman–Crippen MR) is 129 cm³/mol. The topological polar surface area (TPSA) is 80.7 Å². The summed E-state index contributed by atoms with van der Waals surface area (Å²) in [6, 6.07) is 0.190. The molecule has 0 radical (unpaired) electrons. The van der Waals surface area contributed by atoms with Gasteiger partial charge in [-0.25, -0.2) is 4.68 Å². The summed E-state index contributed by atoms with van der Waals surface area (Å²) in [6.07, 6.45) is 5.97. The summed E-state index contributed by atoms with van der Waals surface area (Å²) in [7, 11) is 1.89. The van der Waals surface area contributed by atoms with Gasteiger partial charge in [-0.1, -0.05) is 18.7 Å². The lowest BCUT2D eigenvalue weighted by Gasteiger charge is -2.26. The molecule has 174 valence electrons. The van der Waals surface area contributed by atoms with Crippen molar-refractivity contribution in [2.75, 3.05) is 19.8 Å². The summed E-state index contributed by atoms with van der Waals surface area (Å²) >= 11 is 0. The smallest absolute Gasteiger partial charge is 0.221 e. The van der Waals surface area contributed by atoms with E-state index in [1.807, 2.05) is 51.6 Å². The fourth-order valence-corrected chi connectivity index (χ4v) is 4.54. The second kappa shape index (κ2) is 10.3. The summed E-state index contributed by atoms with van der Waals surface area (Å²) in [4.78, 5) is 6.59. The standard InChI is InChI=1S/C24H36N6O2/c1-8-20-17(4)27-30(16(3)14-31)22(20)13-29-12-10-11-19(29)15-32-24-23(21(9-2)25-6)18(5)26-28(24)7/h8-9,16,19,31H,1,6,10-15H2,2-5,7H3/b21-9-. The van der Waals surface area contributed by atoms with Crippen LogP contribution in [0.15, 0.2) is 17.6 Å². The molecule has 2 unspecified atom stereocenters. The van der Waals surface area contributed by atoms with Crippen LogP contribution in [-0.4, -0.2) is 62.1 Å². The molecule has 8 nitrogen and oxygen atoms in total. The summed E-state index contributed by atoms with van der Waals surface area (Å²) < 4.78 is 10.1. The number of nitrogens with zero attached hydrogens (tertiary/aromatic N) is 6. The number of rotatable bonds is 10. The molecule has 8 heteroatoms. The van der Waals surface area contributed by atoms with E-state index >= 15 is 0 Å². The fraction of sp³-hybridized carbons (Fsp3) is 0.542.